The predicted octanol–water partition coefficient (Wildman–Crippen LogP) is 2.15. The van der Waals surface area contributed by atoms with Crippen molar-refractivity contribution in [1.29, 1.82) is 0 Å². The lowest BCUT2D eigenvalue weighted by Crippen LogP contribution is -2.14. The van der Waals surface area contributed by atoms with Crippen LogP contribution in [-0.4, -0.2) is 9.97 Å². The summed E-state index contributed by atoms with van der Waals surface area (Å²) < 4.78 is 0. The van der Waals surface area contributed by atoms with Crippen LogP contribution in [-0.2, 0) is 19.3 Å². The molecule has 0 fully saturated rings. The Balaban J connectivity index is 1.93. The third-order valence-electron chi connectivity index (χ3n) is 3.56. The maximum absolute atomic E-state index is 5.57. The second-order valence-corrected chi connectivity index (χ2v) is 5.08. The molecule has 1 aliphatic carbocycles. The fourth-order valence-corrected chi connectivity index (χ4v) is 2.69. The third-order valence-corrected chi connectivity index (χ3v) is 3.56. The van der Waals surface area contributed by atoms with E-state index in [0.717, 1.165) is 43.0 Å². The first-order valence-electron chi connectivity index (χ1n) is 6.67. The van der Waals surface area contributed by atoms with E-state index in [2.05, 4.69) is 46.6 Å². The van der Waals surface area contributed by atoms with Crippen molar-refractivity contribution in [1.82, 2.24) is 9.97 Å². The number of rotatable bonds is 3. The van der Waals surface area contributed by atoms with Gasteiger partial charge in [0, 0.05) is 17.7 Å². The van der Waals surface area contributed by atoms with Gasteiger partial charge in [0.1, 0.15) is 11.6 Å². The summed E-state index contributed by atoms with van der Waals surface area (Å²) in [6, 6.07) is 8.45. The minimum absolute atomic E-state index is 0.754. The topological polar surface area (TPSA) is 63.8 Å². The monoisotopic (exact) mass is 254 g/mol. The SMILES string of the molecule is Cc1cccc(Cc2nc3c(c(NN)n2)CCC3)c1. The van der Waals surface area contributed by atoms with Gasteiger partial charge >= 0.3 is 0 Å². The molecule has 0 amide bonds. The normalized spacial score (nSPS) is 13.4. The minimum Gasteiger partial charge on any atom is -0.308 e. The molecule has 3 rings (SSSR count). The van der Waals surface area contributed by atoms with E-state index in [1.165, 1.54) is 16.7 Å². The fraction of sp³-hybridized carbons (Fsp3) is 0.333. The van der Waals surface area contributed by atoms with Crippen molar-refractivity contribution in [2.24, 2.45) is 5.84 Å². The second-order valence-electron chi connectivity index (χ2n) is 5.08. The quantitative estimate of drug-likeness (QED) is 0.650. The van der Waals surface area contributed by atoms with E-state index in [9.17, 15) is 0 Å². The van der Waals surface area contributed by atoms with Crippen molar-refractivity contribution in [2.75, 3.05) is 5.43 Å². The largest absolute Gasteiger partial charge is 0.308 e. The zero-order chi connectivity index (χ0) is 13.2. The zero-order valence-corrected chi connectivity index (χ0v) is 11.1. The van der Waals surface area contributed by atoms with Crippen LogP contribution in [0.25, 0.3) is 0 Å². The standard InChI is InChI=1S/C15H18N4/c1-10-4-2-5-11(8-10)9-14-17-13-7-3-6-12(13)15(18-14)19-16/h2,4-5,8H,3,6-7,9,16H2,1H3,(H,17,18,19). The van der Waals surface area contributed by atoms with E-state index in [-0.39, 0.29) is 0 Å². The van der Waals surface area contributed by atoms with Gasteiger partial charge in [-0.05, 0) is 31.7 Å². The van der Waals surface area contributed by atoms with Crippen molar-refractivity contribution in [3.63, 3.8) is 0 Å². The molecule has 0 saturated heterocycles. The Morgan fingerprint density at radius 3 is 2.95 bits per heavy atom. The molecular formula is C15H18N4. The number of hydrogen-bond donors (Lipinski definition) is 2. The number of nitrogens with zero attached hydrogens (tertiary/aromatic N) is 2. The first kappa shape index (κ1) is 12.1. The van der Waals surface area contributed by atoms with Gasteiger partial charge in [-0.2, -0.15) is 0 Å². The molecule has 1 aromatic carbocycles. The van der Waals surface area contributed by atoms with Gasteiger partial charge in [0.05, 0.1) is 0 Å². The summed E-state index contributed by atoms with van der Waals surface area (Å²) in [7, 11) is 0. The van der Waals surface area contributed by atoms with Gasteiger partial charge in [0.2, 0.25) is 0 Å². The van der Waals surface area contributed by atoms with Crippen LogP contribution >= 0.6 is 0 Å². The molecule has 0 saturated carbocycles. The number of fused-ring (bicyclic) bond motifs is 1. The van der Waals surface area contributed by atoms with Gasteiger partial charge in [0.25, 0.3) is 0 Å². The van der Waals surface area contributed by atoms with Crippen molar-refractivity contribution in [2.45, 2.75) is 32.6 Å². The first-order valence-corrected chi connectivity index (χ1v) is 6.67. The van der Waals surface area contributed by atoms with Crippen LogP contribution in [0, 0.1) is 6.92 Å². The van der Waals surface area contributed by atoms with E-state index in [4.69, 9.17) is 5.84 Å². The van der Waals surface area contributed by atoms with Crippen LogP contribution in [0.4, 0.5) is 5.82 Å². The number of benzene rings is 1. The molecule has 0 atom stereocenters. The van der Waals surface area contributed by atoms with Crippen molar-refractivity contribution < 1.29 is 0 Å². The molecule has 98 valence electrons. The molecule has 0 bridgehead atoms. The number of aryl methyl sites for hydroxylation is 2. The molecule has 1 aliphatic rings. The molecule has 1 heterocycles. The second kappa shape index (κ2) is 4.97. The van der Waals surface area contributed by atoms with Gasteiger partial charge in [-0.25, -0.2) is 15.8 Å². The van der Waals surface area contributed by atoms with E-state index >= 15 is 0 Å². The van der Waals surface area contributed by atoms with E-state index in [0.29, 0.717) is 0 Å². The lowest BCUT2D eigenvalue weighted by molar-refractivity contribution is 0.885. The Morgan fingerprint density at radius 1 is 1.26 bits per heavy atom. The Labute approximate surface area is 113 Å². The lowest BCUT2D eigenvalue weighted by Gasteiger charge is -2.09. The number of aromatic nitrogens is 2. The van der Waals surface area contributed by atoms with Crippen LogP contribution in [0.15, 0.2) is 24.3 Å². The molecule has 0 radical (unpaired) electrons. The summed E-state index contributed by atoms with van der Waals surface area (Å²) >= 11 is 0. The summed E-state index contributed by atoms with van der Waals surface area (Å²) in [5, 5.41) is 0. The molecule has 4 nitrogen and oxygen atoms in total. The smallest absolute Gasteiger partial charge is 0.147 e. The molecule has 1 aromatic heterocycles. The maximum atomic E-state index is 5.57. The highest BCUT2D eigenvalue weighted by Crippen LogP contribution is 2.26. The summed E-state index contributed by atoms with van der Waals surface area (Å²) in [6.07, 6.45) is 3.96. The Morgan fingerprint density at radius 2 is 2.16 bits per heavy atom. The van der Waals surface area contributed by atoms with Crippen molar-refractivity contribution >= 4 is 5.82 Å². The average molecular weight is 254 g/mol. The first-order chi connectivity index (χ1) is 9.26. The number of hydrogen-bond acceptors (Lipinski definition) is 4. The highest BCUT2D eigenvalue weighted by atomic mass is 15.3. The van der Waals surface area contributed by atoms with Gasteiger partial charge in [-0.15, -0.1) is 0 Å². The summed E-state index contributed by atoms with van der Waals surface area (Å²) in [5.74, 6) is 7.21. The summed E-state index contributed by atoms with van der Waals surface area (Å²) in [5.41, 5.74) is 7.56. The molecule has 0 spiro atoms. The Hall–Kier alpha value is -1.94. The molecule has 2 aromatic rings. The van der Waals surface area contributed by atoms with Gasteiger partial charge in [-0.1, -0.05) is 29.8 Å². The Kier molecular flexibility index (Phi) is 3.17. The molecule has 4 heteroatoms. The number of nitrogens with two attached hydrogens (primary N) is 1. The van der Waals surface area contributed by atoms with Crippen LogP contribution < -0.4 is 11.3 Å². The maximum Gasteiger partial charge on any atom is 0.147 e. The van der Waals surface area contributed by atoms with Crippen LogP contribution in [0.3, 0.4) is 0 Å². The number of hydrazine groups is 1. The third kappa shape index (κ3) is 2.44. The Bertz CT molecular complexity index is 607. The van der Waals surface area contributed by atoms with E-state index < -0.39 is 0 Å². The van der Waals surface area contributed by atoms with Crippen LogP contribution in [0.2, 0.25) is 0 Å². The van der Waals surface area contributed by atoms with Crippen molar-refractivity contribution in [3.8, 4) is 0 Å². The predicted molar refractivity (Wildman–Crippen MR) is 75.9 cm³/mol. The summed E-state index contributed by atoms with van der Waals surface area (Å²) in [4.78, 5) is 9.22. The number of nitrogen functional groups attached to an aromatic ring is 1. The zero-order valence-electron chi connectivity index (χ0n) is 11.1. The molecule has 0 aliphatic heterocycles. The number of nitrogens with one attached hydrogen (secondary N) is 1. The van der Waals surface area contributed by atoms with Gasteiger partial charge < -0.3 is 5.43 Å². The minimum atomic E-state index is 0.754. The fourth-order valence-electron chi connectivity index (χ4n) is 2.69. The highest BCUT2D eigenvalue weighted by Gasteiger charge is 2.18. The van der Waals surface area contributed by atoms with Gasteiger partial charge in [0.15, 0.2) is 0 Å². The van der Waals surface area contributed by atoms with E-state index in [1.54, 1.807) is 0 Å². The van der Waals surface area contributed by atoms with Crippen LogP contribution in [0.1, 0.15) is 34.6 Å². The molecule has 0 unspecified atom stereocenters. The average Bonchev–Trinajstić information content (AvgIpc) is 2.86. The van der Waals surface area contributed by atoms with Gasteiger partial charge in [-0.3, -0.25) is 0 Å². The molecule has 19 heavy (non-hydrogen) atoms. The van der Waals surface area contributed by atoms with E-state index in [1.807, 2.05) is 0 Å². The van der Waals surface area contributed by atoms with Crippen molar-refractivity contribution in [3.05, 3.63) is 52.5 Å². The lowest BCUT2D eigenvalue weighted by atomic mass is 10.1. The number of anilines is 1. The highest BCUT2D eigenvalue weighted by molar-refractivity contribution is 5.48. The molecular weight excluding hydrogens is 236 g/mol. The van der Waals surface area contributed by atoms with Crippen LogP contribution in [0.5, 0.6) is 0 Å². The molecule has 3 N–H and O–H groups in total. The summed E-state index contributed by atoms with van der Waals surface area (Å²) in [6.45, 7) is 2.10.